The van der Waals surface area contributed by atoms with Crippen molar-refractivity contribution in [2.45, 2.75) is 11.4 Å². The van der Waals surface area contributed by atoms with Gasteiger partial charge in [-0.25, -0.2) is 13.1 Å². The van der Waals surface area contributed by atoms with Gasteiger partial charge >= 0.3 is 0 Å². The van der Waals surface area contributed by atoms with E-state index in [1.54, 1.807) is 7.11 Å². The van der Waals surface area contributed by atoms with Crippen molar-refractivity contribution in [3.63, 3.8) is 0 Å². The van der Waals surface area contributed by atoms with Crippen LogP contribution in [0.4, 0.5) is 0 Å². The van der Waals surface area contributed by atoms with Crippen molar-refractivity contribution in [2.24, 2.45) is 5.73 Å². The lowest BCUT2D eigenvalue weighted by Crippen LogP contribution is -2.34. The summed E-state index contributed by atoms with van der Waals surface area (Å²) < 4.78 is 33.0. The first-order valence-electron chi connectivity index (χ1n) is 6.39. The maximum Gasteiger partial charge on any atom is 0.243 e. The lowest BCUT2D eigenvalue weighted by Gasteiger charge is -2.15. The number of hydrogen-bond donors (Lipinski definition) is 2. The van der Waals surface area contributed by atoms with Crippen LogP contribution in [0.5, 0.6) is 0 Å². The Hall–Kier alpha value is -1.00. The van der Waals surface area contributed by atoms with Crippen molar-refractivity contribution in [1.82, 2.24) is 19.4 Å². The summed E-state index contributed by atoms with van der Waals surface area (Å²) in [6.07, 6.45) is 2.80. The maximum absolute atomic E-state index is 12.0. The molecule has 116 valence electrons. The molecule has 1 aromatic heterocycles. The summed E-state index contributed by atoms with van der Waals surface area (Å²) in [5, 5.41) is 3.95. The molecule has 0 bridgehead atoms. The van der Waals surface area contributed by atoms with Crippen molar-refractivity contribution in [3.05, 3.63) is 12.4 Å². The molecule has 0 amide bonds. The minimum Gasteiger partial charge on any atom is -0.383 e. The summed E-state index contributed by atoms with van der Waals surface area (Å²) in [4.78, 5) is 2.15. The summed E-state index contributed by atoms with van der Waals surface area (Å²) in [7, 11) is 0.0378. The van der Waals surface area contributed by atoms with Crippen LogP contribution in [0.2, 0.25) is 0 Å². The van der Waals surface area contributed by atoms with E-state index in [2.05, 4.69) is 9.82 Å². The molecule has 0 aliphatic rings. The highest BCUT2D eigenvalue weighted by Gasteiger charge is 2.15. The van der Waals surface area contributed by atoms with Crippen LogP contribution >= 0.6 is 0 Å². The minimum atomic E-state index is -3.51. The fraction of sp³-hybridized carbons (Fsp3) is 0.727. The van der Waals surface area contributed by atoms with Gasteiger partial charge in [0.05, 0.1) is 19.3 Å². The van der Waals surface area contributed by atoms with Crippen molar-refractivity contribution < 1.29 is 13.2 Å². The first-order valence-corrected chi connectivity index (χ1v) is 7.87. The van der Waals surface area contributed by atoms with Gasteiger partial charge in [-0.2, -0.15) is 5.10 Å². The van der Waals surface area contributed by atoms with Crippen LogP contribution in [-0.2, 0) is 21.3 Å². The van der Waals surface area contributed by atoms with Gasteiger partial charge in [-0.3, -0.25) is 4.68 Å². The molecular formula is C11H23N5O3S. The van der Waals surface area contributed by atoms with E-state index in [0.29, 0.717) is 32.8 Å². The zero-order valence-corrected chi connectivity index (χ0v) is 12.8. The maximum atomic E-state index is 12.0. The van der Waals surface area contributed by atoms with Crippen LogP contribution in [0, 0.1) is 0 Å². The Balaban J connectivity index is 2.44. The van der Waals surface area contributed by atoms with E-state index in [9.17, 15) is 8.42 Å². The molecule has 0 unspecified atom stereocenters. The predicted molar refractivity (Wildman–Crippen MR) is 75.8 cm³/mol. The molecule has 0 fully saturated rings. The van der Waals surface area contributed by atoms with E-state index in [1.807, 2.05) is 11.9 Å². The highest BCUT2D eigenvalue weighted by molar-refractivity contribution is 7.89. The second-order valence-corrected chi connectivity index (χ2v) is 6.19. The Morgan fingerprint density at radius 3 is 2.90 bits per heavy atom. The fourth-order valence-corrected chi connectivity index (χ4v) is 2.52. The van der Waals surface area contributed by atoms with Gasteiger partial charge in [0.15, 0.2) is 0 Å². The summed E-state index contributed by atoms with van der Waals surface area (Å²) in [6, 6.07) is 0. The lowest BCUT2D eigenvalue weighted by molar-refractivity contribution is 0.162. The topological polar surface area (TPSA) is 102 Å². The smallest absolute Gasteiger partial charge is 0.243 e. The van der Waals surface area contributed by atoms with Crippen molar-refractivity contribution in [3.8, 4) is 0 Å². The number of sulfonamides is 1. The first kappa shape index (κ1) is 17.1. The number of ether oxygens (including phenoxy) is 1. The number of methoxy groups -OCH3 is 1. The number of nitrogens with two attached hydrogens (primary N) is 1. The lowest BCUT2D eigenvalue weighted by atomic mass is 10.5. The Kier molecular flexibility index (Phi) is 7.10. The Bertz CT molecular complexity index is 488. The molecule has 0 aromatic carbocycles. The molecule has 0 saturated carbocycles. The van der Waals surface area contributed by atoms with Gasteiger partial charge in [0.1, 0.15) is 4.90 Å². The predicted octanol–water partition coefficient (Wildman–Crippen LogP) is -1.30. The molecule has 1 aromatic rings. The number of nitrogens with zero attached hydrogens (tertiary/aromatic N) is 3. The van der Waals surface area contributed by atoms with Crippen LogP contribution in [-0.4, -0.2) is 70.0 Å². The number of likely N-dealkylation sites (N-methyl/N-ethyl adjacent to an activating group) is 1. The quantitative estimate of drug-likeness (QED) is 0.557. The minimum absolute atomic E-state index is 0.158. The first-order chi connectivity index (χ1) is 9.49. The molecule has 0 aliphatic carbocycles. The summed E-state index contributed by atoms with van der Waals surface area (Å²) in [6.45, 7) is 3.24. The van der Waals surface area contributed by atoms with Crippen molar-refractivity contribution in [1.29, 1.82) is 0 Å². The molecule has 1 heterocycles. The van der Waals surface area contributed by atoms with E-state index in [1.165, 1.54) is 17.1 Å². The molecule has 0 atom stereocenters. The molecule has 8 nitrogen and oxygen atoms in total. The number of aromatic nitrogens is 2. The van der Waals surface area contributed by atoms with Gasteiger partial charge < -0.3 is 15.4 Å². The van der Waals surface area contributed by atoms with E-state index in [0.717, 1.165) is 6.54 Å². The van der Waals surface area contributed by atoms with Gasteiger partial charge in [-0.15, -0.1) is 0 Å². The number of nitrogens with one attached hydrogen (secondary N) is 1. The Morgan fingerprint density at radius 2 is 2.25 bits per heavy atom. The monoisotopic (exact) mass is 305 g/mol. The average Bonchev–Trinajstić information content (AvgIpc) is 2.86. The third-order valence-electron chi connectivity index (χ3n) is 2.74. The largest absolute Gasteiger partial charge is 0.383 e. The van der Waals surface area contributed by atoms with Gasteiger partial charge in [0, 0.05) is 39.5 Å². The van der Waals surface area contributed by atoms with Gasteiger partial charge in [0.2, 0.25) is 10.0 Å². The molecule has 0 saturated heterocycles. The molecule has 20 heavy (non-hydrogen) atoms. The van der Waals surface area contributed by atoms with Gasteiger partial charge in [0.25, 0.3) is 0 Å². The van der Waals surface area contributed by atoms with Crippen LogP contribution in [0.15, 0.2) is 17.3 Å². The van der Waals surface area contributed by atoms with Crippen molar-refractivity contribution >= 4 is 10.0 Å². The highest BCUT2D eigenvalue weighted by atomic mass is 32.2. The third-order valence-corrected chi connectivity index (χ3v) is 4.16. The standard InChI is InChI=1S/C11H23N5O3S/c1-15(7-8-19-2)6-4-14-20(17,18)11-9-13-16(10-11)5-3-12/h9-10,14H,3-8,12H2,1-2H3. The normalized spacial score (nSPS) is 12.2. The van der Waals surface area contributed by atoms with E-state index < -0.39 is 10.0 Å². The molecule has 9 heteroatoms. The Labute approximate surface area is 119 Å². The van der Waals surface area contributed by atoms with Crippen molar-refractivity contribution in [2.75, 3.05) is 46.9 Å². The summed E-state index contributed by atoms with van der Waals surface area (Å²) >= 11 is 0. The SMILES string of the molecule is COCCN(C)CCNS(=O)(=O)c1cnn(CCN)c1. The van der Waals surface area contributed by atoms with E-state index in [4.69, 9.17) is 10.5 Å². The zero-order valence-electron chi connectivity index (χ0n) is 11.9. The van der Waals surface area contributed by atoms with Crippen LogP contribution in [0.25, 0.3) is 0 Å². The Morgan fingerprint density at radius 1 is 1.50 bits per heavy atom. The van der Waals surface area contributed by atoms with Crippen LogP contribution < -0.4 is 10.5 Å². The van der Waals surface area contributed by atoms with E-state index in [-0.39, 0.29) is 4.90 Å². The second-order valence-electron chi connectivity index (χ2n) is 4.42. The highest BCUT2D eigenvalue weighted by Crippen LogP contribution is 2.06. The molecule has 0 radical (unpaired) electrons. The molecule has 3 N–H and O–H groups in total. The van der Waals surface area contributed by atoms with E-state index >= 15 is 0 Å². The molecule has 1 rings (SSSR count). The molecular weight excluding hydrogens is 282 g/mol. The van der Waals surface area contributed by atoms with Crippen LogP contribution in [0.3, 0.4) is 0 Å². The summed E-state index contributed by atoms with van der Waals surface area (Å²) in [5.41, 5.74) is 5.39. The molecule has 0 aliphatic heterocycles. The van der Waals surface area contributed by atoms with Gasteiger partial charge in [-0.05, 0) is 7.05 Å². The fourth-order valence-electron chi connectivity index (χ4n) is 1.55. The summed E-state index contributed by atoms with van der Waals surface area (Å²) in [5.74, 6) is 0. The molecule has 0 spiro atoms. The zero-order chi connectivity index (χ0) is 15.0. The second kappa shape index (κ2) is 8.32. The average molecular weight is 305 g/mol. The van der Waals surface area contributed by atoms with Crippen LogP contribution in [0.1, 0.15) is 0 Å². The number of rotatable bonds is 10. The van der Waals surface area contributed by atoms with Gasteiger partial charge in [-0.1, -0.05) is 0 Å². The number of hydrogen-bond acceptors (Lipinski definition) is 6. The third kappa shape index (κ3) is 5.55.